The highest BCUT2D eigenvalue weighted by atomic mass is 79.9. The molecule has 0 saturated carbocycles. The molecule has 4 rings (SSSR count). The van der Waals surface area contributed by atoms with Gasteiger partial charge in [-0.2, -0.15) is 0 Å². The normalized spacial score (nSPS) is 11.4. The Morgan fingerprint density at radius 3 is 1.86 bits per heavy atom. The fraction of sp³-hybridized carbons (Fsp3) is 0.100. The minimum Gasteiger partial charge on any atom is -0.309 e. The maximum absolute atomic E-state index is 3.59. The average Bonchev–Trinajstić information content (AvgIpc) is 2.80. The zero-order valence-electron chi connectivity index (χ0n) is 12.6. The van der Waals surface area contributed by atoms with Crippen molar-refractivity contribution in [1.82, 2.24) is 4.57 Å². The first kappa shape index (κ1) is 13.6. The molecule has 0 N–H and O–H groups in total. The summed E-state index contributed by atoms with van der Waals surface area (Å²) in [5.74, 6) is 0. The first-order valence-electron chi connectivity index (χ1n) is 7.41. The van der Waals surface area contributed by atoms with Crippen molar-refractivity contribution in [3.63, 3.8) is 0 Å². The largest absolute Gasteiger partial charge is 0.309 e. The molecule has 1 nitrogen and oxygen atoms in total. The van der Waals surface area contributed by atoms with E-state index in [9.17, 15) is 0 Å². The van der Waals surface area contributed by atoms with Crippen molar-refractivity contribution in [3.8, 4) is 5.69 Å². The van der Waals surface area contributed by atoms with Crippen LogP contribution in [0.3, 0.4) is 0 Å². The molecule has 0 unspecified atom stereocenters. The fourth-order valence-corrected chi connectivity index (χ4v) is 3.53. The second kappa shape index (κ2) is 4.99. The molecule has 4 aromatic rings. The third-order valence-corrected chi connectivity index (χ3v) is 4.64. The molecule has 0 radical (unpaired) electrons. The summed E-state index contributed by atoms with van der Waals surface area (Å²) in [5, 5.41) is 2.64. The van der Waals surface area contributed by atoms with Crippen LogP contribution in [0.1, 0.15) is 11.1 Å². The topological polar surface area (TPSA) is 4.93 Å². The fourth-order valence-electron chi connectivity index (χ4n) is 3.14. The molecule has 1 heterocycles. The van der Waals surface area contributed by atoms with Crippen LogP contribution in [-0.2, 0) is 0 Å². The van der Waals surface area contributed by atoms with E-state index in [4.69, 9.17) is 0 Å². The van der Waals surface area contributed by atoms with Crippen LogP contribution in [0.25, 0.3) is 27.5 Å². The number of fused-ring (bicyclic) bond motifs is 3. The molecule has 2 heteroatoms. The summed E-state index contributed by atoms with van der Waals surface area (Å²) in [5.41, 5.74) is 6.28. The van der Waals surface area contributed by atoms with Gasteiger partial charge < -0.3 is 4.57 Å². The van der Waals surface area contributed by atoms with Gasteiger partial charge in [-0.3, -0.25) is 0 Å². The quantitative estimate of drug-likeness (QED) is 0.387. The molecule has 3 aromatic carbocycles. The number of aromatic nitrogens is 1. The van der Waals surface area contributed by atoms with E-state index in [0.717, 1.165) is 4.47 Å². The molecule has 0 bridgehead atoms. The van der Waals surface area contributed by atoms with Crippen molar-refractivity contribution < 1.29 is 0 Å². The standard InChI is InChI=1S/C20H16BrN/c1-13-6-8-19-17(10-13)18-11-14(2)7-9-20(18)22(19)16-5-3-4-15(21)12-16/h3-12H,1-2H3. The van der Waals surface area contributed by atoms with Crippen LogP contribution in [0.5, 0.6) is 0 Å². The second-order valence-corrected chi connectivity index (χ2v) is 6.77. The molecule has 22 heavy (non-hydrogen) atoms. The molecule has 1 aromatic heterocycles. The van der Waals surface area contributed by atoms with E-state index in [2.05, 4.69) is 95.0 Å². The Bertz CT molecular complexity index is 952. The molecule has 0 amide bonds. The average molecular weight is 350 g/mol. The van der Waals surface area contributed by atoms with E-state index >= 15 is 0 Å². The molecule has 0 aliphatic rings. The number of nitrogens with zero attached hydrogens (tertiary/aromatic N) is 1. The third-order valence-electron chi connectivity index (χ3n) is 4.14. The Kier molecular flexibility index (Phi) is 3.08. The van der Waals surface area contributed by atoms with Crippen LogP contribution in [-0.4, -0.2) is 4.57 Å². The summed E-state index contributed by atoms with van der Waals surface area (Å²) in [6.07, 6.45) is 0. The molecule has 0 spiro atoms. The van der Waals surface area contributed by atoms with Gasteiger partial charge in [-0.15, -0.1) is 0 Å². The van der Waals surface area contributed by atoms with Crippen LogP contribution in [0.2, 0.25) is 0 Å². The van der Waals surface area contributed by atoms with Gasteiger partial charge in [0.05, 0.1) is 11.0 Å². The Balaban J connectivity index is 2.20. The lowest BCUT2D eigenvalue weighted by Crippen LogP contribution is -1.93. The first-order chi connectivity index (χ1) is 10.6. The number of aryl methyl sites for hydroxylation is 2. The van der Waals surface area contributed by atoms with Gasteiger partial charge in [0, 0.05) is 20.9 Å². The number of hydrogen-bond acceptors (Lipinski definition) is 0. The van der Waals surface area contributed by atoms with E-state index in [1.54, 1.807) is 0 Å². The highest BCUT2D eigenvalue weighted by molar-refractivity contribution is 9.10. The van der Waals surface area contributed by atoms with E-state index in [0.29, 0.717) is 0 Å². The summed E-state index contributed by atoms with van der Waals surface area (Å²) in [6, 6.07) is 21.8. The van der Waals surface area contributed by atoms with Crippen molar-refractivity contribution in [2.24, 2.45) is 0 Å². The van der Waals surface area contributed by atoms with E-state index in [1.807, 2.05) is 0 Å². The minimum absolute atomic E-state index is 1.10. The van der Waals surface area contributed by atoms with Gasteiger partial charge in [-0.05, 0) is 56.3 Å². The molecule has 0 saturated heterocycles. The number of rotatable bonds is 1. The van der Waals surface area contributed by atoms with Crippen molar-refractivity contribution in [2.75, 3.05) is 0 Å². The predicted octanol–water partition coefficient (Wildman–Crippen LogP) is 6.16. The minimum atomic E-state index is 1.10. The lowest BCUT2D eigenvalue weighted by molar-refractivity contribution is 1.17. The molecule has 0 aliphatic carbocycles. The zero-order valence-corrected chi connectivity index (χ0v) is 14.2. The maximum atomic E-state index is 3.59. The monoisotopic (exact) mass is 349 g/mol. The van der Waals surface area contributed by atoms with Crippen molar-refractivity contribution in [1.29, 1.82) is 0 Å². The smallest absolute Gasteiger partial charge is 0.0541 e. The highest BCUT2D eigenvalue weighted by Gasteiger charge is 2.12. The summed E-state index contributed by atoms with van der Waals surface area (Å²) >= 11 is 3.59. The van der Waals surface area contributed by atoms with Gasteiger partial charge in [-0.25, -0.2) is 0 Å². The maximum Gasteiger partial charge on any atom is 0.0541 e. The number of benzene rings is 3. The van der Waals surface area contributed by atoms with Crippen molar-refractivity contribution in [2.45, 2.75) is 13.8 Å². The Labute approximate surface area is 138 Å². The second-order valence-electron chi connectivity index (χ2n) is 5.86. The molecule has 0 aliphatic heterocycles. The van der Waals surface area contributed by atoms with E-state index in [-0.39, 0.29) is 0 Å². The van der Waals surface area contributed by atoms with E-state index < -0.39 is 0 Å². The summed E-state index contributed by atoms with van der Waals surface area (Å²) in [4.78, 5) is 0. The van der Waals surface area contributed by atoms with Gasteiger partial charge >= 0.3 is 0 Å². The molecule has 108 valence electrons. The number of hydrogen-bond donors (Lipinski definition) is 0. The van der Waals surface area contributed by atoms with Crippen LogP contribution < -0.4 is 0 Å². The van der Waals surface area contributed by atoms with Crippen LogP contribution >= 0.6 is 15.9 Å². The summed E-state index contributed by atoms with van der Waals surface area (Å²) in [7, 11) is 0. The van der Waals surface area contributed by atoms with Crippen LogP contribution in [0.15, 0.2) is 65.1 Å². The molecular formula is C20H16BrN. The highest BCUT2D eigenvalue weighted by Crippen LogP contribution is 2.33. The van der Waals surface area contributed by atoms with Gasteiger partial charge in [0.2, 0.25) is 0 Å². The van der Waals surface area contributed by atoms with Gasteiger partial charge in [-0.1, -0.05) is 45.3 Å². The predicted molar refractivity (Wildman–Crippen MR) is 98.0 cm³/mol. The third kappa shape index (κ3) is 2.06. The van der Waals surface area contributed by atoms with Gasteiger partial charge in [0.1, 0.15) is 0 Å². The molecule has 0 fully saturated rings. The van der Waals surface area contributed by atoms with Crippen molar-refractivity contribution in [3.05, 3.63) is 76.3 Å². The van der Waals surface area contributed by atoms with Crippen molar-refractivity contribution >= 4 is 37.7 Å². The lowest BCUT2D eigenvalue weighted by Gasteiger charge is -2.08. The summed E-state index contributed by atoms with van der Waals surface area (Å²) in [6.45, 7) is 4.30. The SMILES string of the molecule is Cc1ccc2c(c1)c1cc(C)ccc1n2-c1cccc(Br)c1. The summed E-state index contributed by atoms with van der Waals surface area (Å²) < 4.78 is 3.44. The Morgan fingerprint density at radius 2 is 1.32 bits per heavy atom. The molecule has 0 atom stereocenters. The van der Waals surface area contributed by atoms with Gasteiger partial charge in [0.15, 0.2) is 0 Å². The van der Waals surface area contributed by atoms with Gasteiger partial charge in [0.25, 0.3) is 0 Å². The van der Waals surface area contributed by atoms with Crippen LogP contribution in [0.4, 0.5) is 0 Å². The van der Waals surface area contributed by atoms with Crippen LogP contribution in [0, 0.1) is 13.8 Å². The Hall–Kier alpha value is -2.06. The van der Waals surface area contributed by atoms with E-state index in [1.165, 1.54) is 38.6 Å². The lowest BCUT2D eigenvalue weighted by atomic mass is 10.1. The number of halogens is 1. The molecular weight excluding hydrogens is 334 g/mol. The Morgan fingerprint density at radius 1 is 0.727 bits per heavy atom. The zero-order chi connectivity index (χ0) is 15.3. The first-order valence-corrected chi connectivity index (χ1v) is 8.20.